The summed E-state index contributed by atoms with van der Waals surface area (Å²) in [5.41, 5.74) is 9.79. The van der Waals surface area contributed by atoms with Crippen LogP contribution in [-0.2, 0) is 9.59 Å². The topological polar surface area (TPSA) is 163 Å². The lowest BCUT2D eigenvalue weighted by Gasteiger charge is -2.50. The van der Waals surface area contributed by atoms with Crippen molar-refractivity contribution in [3.8, 4) is 0 Å². The number of nitrogens with two attached hydrogens (primary N) is 2. The molecule has 1 aliphatic rings. The van der Waals surface area contributed by atoms with E-state index >= 15 is 0 Å². The van der Waals surface area contributed by atoms with Crippen LogP contribution in [0.4, 0.5) is 4.79 Å². The number of hydrogen-bond donors (Lipinski definition) is 4. The van der Waals surface area contributed by atoms with E-state index < -0.39 is 35.4 Å². The van der Waals surface area contributed by atoms with Crippen molar-refractivity contribution in [3.05, 3.63) is 35.9 Å². The molecule has 0 bridgehead atoms. The standard InChI is InChI=1S/C17H22N6O4/c1-10(11-6-4-3-5-7-11)21-16(27)23-12(13(24)25)17(2,14(23)26)8-9-20-22-15(18)19/h3-7,9-10,12H,8H2,1-2H3,(H,21,27)(H,24,25)(H4,18,19,22)/b20-9+/t10-,12-,17-/m1/s1. The van der Waals surface area contributed by atoms with E-state index in [1.54, 1.807) is 6.92 Å². The van der Waals surface area contributed by atoms with Crippen molar-refractivity contribution in [2.24, 2.45) is 27.1 Å². The molecular weight excluding hydrogens is 352 g/mol. The van der Waals surface area contributed by atoms with Crippen LogP contribution in [0.25, 0.3) is 0 Å². The average molecular weight is 374 g/mol. The minimum Gasteiger partial charge on any atom is -0.480 e. The molecule has 0 aromatic heterocycles. The van der Waals surface area contributed by atoms with Crippen LogP contribution in [-0.4, -0.2) is 46.1 Å². The summed E-state index contributed by atoms with van der Waals surface area (Å²) in [6.07, 6.45) is 1.22. The number of guanidine groups is 1. The van der Waals surface area contributed by atoms with Gasteiger partial charge in [0.25, 0.3) is 0 Å². The average Bonchev–Trinajstić information content (AvgIpc) is 2.62. The Morgan fingerprint density at radius 1 is 1.37 bits per heavy atom. The molecule has 1 heterocycles. The molecule has 0 unspecified atom stereocenters. The third-order valence-electron chi connectivity index (χ3n) is 4.43. The van der Waals surface area contributed by atoms with Gasteiger partial charge in [-0.05, 0) is 19.4 Å². The highest BCUT2D eigenvalue weighted by Crippen LogP contribution is 2.42. The van der Waals surface area contributed by atoms with Crippen LogP contribution in [0.15, 0.2) is 40.5 Å². The molecule has 0 saturated carbocycles. The third kappa shape index (κ3) is 4.05. The van der Waals surface area contributed by atoms with Crippen LogP contribution in [0, 0.1) is 5.41 Å². The molecule has 27 heavy (non-hydrogen) atoms. The Kier molecular flexibility index (Phi) is 5.78. The van der Waals surface area contributed by atoms with E-state index in [1.807, 2.05) is 30.3 Å². The number of rotatable bonds is 6. The maximum atomic E-state index is 12.5. The lowest BCUT2D eigenvalue weighted by molar-refractivity contribution is -0.175. The second-order valence-corrected chi connectivity index (χ2v) is 6.44. The number of amides is 3. The van der Waals surface area contributed by atoms with Gasteiger partial charge in [0.15, 0.2) is 6.04 Å². The Hall–Kier alpha value is -3.43. The summed E-state index contributed by atoms with van der Waals surface area (Å²) in [5, 5.41) is 19.1. The number of carboxylic acid groups (broad SMARTS) is 1. The zero-order valence-electron chi connectivity index (χ0n) is 15.0. The van der Waals surface area contributed by atoms with E-state index in [2.05, 4.69) is 15.5 Å². The highest BCUT2D eigenvalue weighted by Gasteiger charge is 2.63. The molecule has 3 amide bonds. The van der Waals surface area contributed by atoms with Crippen LogP contribution in [0.1, 0.15) is 31.9 Å². The normalized spacial score (nSPS) is 22.8. The van der Waals surface area contributed by atoms with Crippen molar-refractivity contribution in [2.45, 2.75) is 32.4 Å². The van der Waals surface area contributed by atoms with Gasteiger partial charge in [-0.3, -0.25) is 4.79 Å². The van der Waals surface area contributed by atoms with Gasteiger partial charge in [-0.2, -0.15) is 5.10 Å². The van der Waals surface area contributed by atoms with Crippen molar-refractivity contribution in [2.75, 3.05) is 0 Å². The van der Waals surface area contributed by atoms with Gasteiger partial charge in [0, 0.05) is 12.6 Å². The molecule has 6 N–H and O–H groups in total. The monoisotopic (exact) mass is 374 g/mol. The van der Waals surface area contributed by atoms with Crippen LogP contribution in [0.3, 0.4) is 0 Å². The highest BCUT2D eigenvalue weighted by molar-refractivity contribution is 6.10. The second kappa shape index (κ2) is 7.85. The van der Waals surface area contributed by atoms with Crippen molar-refractivity contribution >= 4 is 30.1 Å². The smallest absolute Gasteiger partial charge is 0.328 e. The van der Waals surface area contributed by atoms with Gasteiger partial charge in [-0.1, -0.05) is 30.3 Å². The first kappa shape index (κ1) is 19.9. The van der Waals surface area contributed by atoms with Gasteiger partial charge >= 0.3 is 12.0 Å². The largest absolute Gasteiger partial charge is 0.480 e. The Morgan fingerprint density at radius 2 is 2.00 bits per heavy atom. The number of likely N-dealkylation sites (tertiary alicyclic amines) is 1. The van der Waals surface area contributed by atoms with Crippen molar-refractivity contribution in [1.82, 2.24) is 10.2 Å². The molecule has 1 aromatic carbocycles. The number of imide groups is 1. The van der Waals surface area contributed by atoms with Crippen LogP contribution < -0.4 is 16.8 Å². The fourth-order valence-electron chi connectivity index (χ4n) is 2.94. The number of β-lactam (4-membered cyclic amide) rings is 1. The first-order chi connectivity index (χ1) is 12.7. The molecule has 0 spiro atoms. The van der Waals surface area contributed by atoms with Crippen LogP contribution in [0.5, 0.6) is 0 Å². The van der Waals surface area contributed by atoms with E-state index in [4.69, 9.17) is 11.5 Å². The van der Waals surface area contributed by atoms with Gasteiger partial charge in [0.05, 0.1) is 11.5 Å². The minimum absolute atomic E-state index is 0.0302. The first-order valence-electron chi connectivity index (χ1n) is 8.21. The Morgan fingerprint density at radius 3 is 2.56 bits per heavy atom. The fourth-order valence-corrected chi connectivity index (χ4v) is 2.94. The second-order valence-electron chi connectivity index (χ2n) is 6.44. The molecule has 144 valence electrons. The summed E-state index contributed by atoms with van der Waals surface area (Å²) in [7, 11) is 0. The Labute approximate surface area is 155 Å². The molecule has 10 nitrogen and oxygen atoms in total. The predicted octanol–water partition coefficient (Wildman–Crippen LogP) is 0.408. The number of nitrogens with one attached hydrogen (secondary N) is 1. The van der Waals surface area contributed by atoms with Crippen LogP contribution in [0.2, 0.25) is 0 Å². The van der Waals surface area contributed by atoms with Crippen molar-refractivity contribution in [3.63, 3.8) is 0 Å². The summed E-state index contributed by atoms with van der Waals surface area (Å²) in [6, 6.07) is 6.65. The molecule has 3 atom stereocenters. The van der Waals surface area contributed by atoms with Gasteiger partial charge in [0.1, 0.15) is 0 Å². The maximum Gasteiger partial charge on any atom is 0.328 e. The van der Waals surface area contributed by atoms with Gasteiger partial charge in [0.2, 0.25) is 11.9 Å². The third-order valence-corrected chi connectivity index (χ3v) is 4.43. The maximum absolute atomic E-state index is 12.5. The van der Waals surface area contributed by atoms with E-state index in [9.17, 15) is 19.5 Å². The summed E-state index contributed by atoms with van der Waals surface area (Å²) in [6.45, 7) is 3.20. The van der Waals surface area contributed by atoms with Gasteiger partial charge < -0.3 is 21.9 Å². The number of hydrogen-bond acceptors (Lipinski definition) is 5. The number of benzene rings is 1. The lowest BCUT2D eigenvalue weighted by atomic mass is 9.70. The number of aliphatic carboxylic acids is 1. The summed E-state index contributed by atoms with van der Waals surface area (Å²) in [5.74, 6) is -2.15. The quantitative estimate of drug-likeness (QED) is 0.244. The summed E-state index contributed by atoms with van der Waals surface area (Å²) < 4.78 is 0. The molecule has 2 rings (SSSR count). The fraction of sp³-hybridized carbons (Fsp3) is 0.353. The van der Waals surface area contributed by atoms with Crippen LogP contribution >= 0.6 is 0 Å². The number of nitrogens with zero attached hydrogens (tertiary/aromatic N) is 3. The lowest BCUT2D eigenvalue weighted by Crippen LogP contribution is -2.73. The highest BCUT2D eigenvalue weighted by atomic mass is 16.4. The Balaban J connectivity index is 2.12. The van der Waals surface area contributed by atoms with Crippen molar-refractivity contribution < 1.29 is 19.5 Å². The van der Waals surface area contributed by atoms with Crippen molar-refractivity contribution in [1.29, 1.82) is 0 Å². The number of urea groups is 1. The number of carbonyl (C=O) groups is 3. The zero-order chi connectivity index (χ0) is 20.2. The zero-order valence-corrected chi connectivity index (χ0v) is 15.0. The molecule has 1 aliphatic heterocycles. The molecule has 0 radical (unpaired) electrons. The molecule has 0 aliphatic carbocycles. The molecule has 10 heteroatoms. The molecule has 1 aromatic rings. The minimum atomic E-state index is -1.32. The van der Waals surface area contributed by atoms with E-state index in [0.29, 0.717) is 0 Å². The SMILES string of the molecule is C[C@@H](NC(=O)N1C(=O)[C@](C)(C/C=N/N=C(N)N)[C@H]1C(=O)O)c1ccccc1. The van der Waals surface area contributed by atoms with Gasteiger partial charge in [-0.25, -0.2) is 14.5 Å². The summed E-state index contributed by atoms with van der Waals surface area (Å²) in [4.78, 5) is 37.4. The predicted molar refractivity (Wildman–Crippen MR) is 98.7 cm³/mol. The summed E-state index contributed by atoms with van der Waals surface area (Å²) >= 11 is 0. The number of carboxylic acids is 1. The van der Waals surface area contributed by atoms with E-state index in [1.165, 1.54) is 13.1 Å². The van der Waals surface area contributed by atoms with Gasteiger partial charge in [-0.15, -0.1) is 5.10 Å². The van der Waals surface area contributed by atoms with E-state index in [0.717, 1.165) is 10.5 Å². The van der Waals surface area contributed by atoms with E-state index in [-0.39, 0.29) is 12.4 Å². The first-order valence-corrected chi connectivity index (χ1v) is 8.21. The number of carbonyl (C=O) groups excluding carboxylic acids is 2. The molecule has 1 fully saturated rings. The molecule has 1 saturated heterocycles. The Bertz CT molecular complexity index is 790. The molecular formula is C17H22N6O4.